The summed E-state index contributed by atoms with van der Waals surface area (Å²) < 4.78 is 2.99. The van der Waals surface area contributed by atoms with Crippen LogP contribution >= 0.6 is 0 Å². The van der Waals surface area contributed by atoms with Crippen molar-refractivity contribution in [3.05, 3.63) is 71.5 Å². The van der Waals surface area contributed by atoms with Crippen molar-refractivity contribution in [3.63, 3.8) is 0 Å². The number of nitrogen functional groups attached to an aromatic ring is 1. The molecule has 0 atom stereocenters. The number of fused-ring (bicyclic) bond motifs is 5. The van der Waals surface area contributed by atoms with Gasteiger partial charge in [0.25, 0.3) is 0 Å². The van der Waals surface area contributed by atoms with E-state index in [4.69, 9.17) is 16.2 Å². The first-order valence-electron chi connectivity index (χ1n) is 8.71. The third-order valence-corrected chi connectivity index (χ3v) is 4.97. The molecule has 7 nitrogen and oxygen atoms in total. The van der Waals surface area contributed by atoms with E-state index < -0.39 is 0 Å². The number of rotatable bonds is 1. The molecule has 3 aromatic heterocycles. The number of nitrogens with zero attached hydrogens (tertiary/aromatic N) is 5. The highest BCUT2D eigenvalue weighted by Gasteiger charge is 2.22. The second-order valence-corrected chi connectivity index (χ2v) is 6.69. The average Bonchev–Trinajstić information content (AvgIpc) is 3.10. The molecule has 0 amide bonds. The van der Waals surface area contributed by atoms with Crippen molar-refractivity contribution in [2.45, 2.75) is 6.92 Å². The zero-order valence-corrected chi connectivity index (χ0v) is 15.0. The zero-order valence-electron chi connectivity index (χ0n) is 15.0. The number of hydrogen-bond acceptors (Lipinski definition) is 5. The number of pyridine rings is 1. The Balaban J connectivity index is 2.13. The number of aryl methyl sites for hydroxylation is 1. The van der Waals surface area contributed by atoms with Crippen LogP contribution in [0.4, 0.5) is 0 Å². The molecule has 5 rings (SSSR count). The summed E-state index contributed by atoms with van der Waals surface area (Å²) in [6.45, 7) is 2.00. The Hall–Kier alpha value is -4.18. The van der Waals surface area contributed by atoms with E-state index in [2.05, 4.69) is 11.1 Å². The van der Waals surface area contributed by atoms with Gasteiger partial charge in [-0.15, -0.1) is 0 Å². The van der Waals surface area contributed by atoms with Crippen LogP contribution in [0.25, 0.3) is 38.8 Å². The second-order valence-electron chi connectivity index (χ2n) is 6.69. The molecular weight excluding hydrogens is 350 g/mol. The fourth-order valence-electron chi connectivity index (χ4n) is 3.63. The van der Waals surface area contributed by atoms with Crippen molar-refractivity contribution in [2.24, 2.45) is 0 Å². The van der Waals surface area contributed by atoms with Gasteiger partial charge in [0.05, 0.1) is 16.4 Å². The molecule has 0 aliphatic carbocycles. The summed E-state index contributed by atoms with van der Waals surface area (Å²) in [5, 5.41) is 19.2. The van der Waals surface area contributed by atoms with Crippen LogP contribution in [0.15, 0.2) is 54.9 Å². The zero-order chi connectivity index (χ0) is 19.4. The first-order chi connectivity index (χ1) is 13.6. The summed E-state index contributed by atoms with van der Waals surface area (Å²) >= 11 is 0. The molecule has 0 saturated carbocycles. The standard InChI is InChI=1S/C21H15N7/c1-12-6-8-13(9-7-12)17-14(10-22)20-26-15-4-2-3-5-16(15)28(20)21-18(17)19(23)27(24)11-25-21/h2-9,11,23H,24H2,1H3. The Labute approximate surface area is 159 Å². The van der Waals surface area contributed by atoms with Crippen LogP contribution in [0.3, 0.4) is 0 Å². The molecule has 0 unspecified atom stereocenters. The van der Waals surface area contributed by atoms with Gasteiger partial charge in [-0.25, -0.2) is 14.6 Å². The minimum absolute atomic E-state index is 0.0803. The summed E-state index contributed by atoms with van der Waals surface area (Å²) in [5.41, 5.74) is 5.69. The topological polar surface area (TPSA) is 109 Å². The van der Waals surface area contributed by atoms with Gasteiger partial charge in [0.1, 0.15) is 18.0 Å². The van der Waals surface area contributed by atoms with Crippen LogP contribution in [-0.4, -0.2) is 19.0 Å². The third-order valence-electron chi connectivity index (χ3n) is 4.97. The minimum Gasteiger partial charge on any atom is -0.336 e. The van der Waals surface area contributed by atoms with Crippen LogP contribution < -0.4 is 11.3 Å². The number of nitrogens with two attached hydrogens (primary N) is 1. The highest BCUT2D eigenvalue weighted by molar-refractivity contribution is 6.02. The Bertz CT molecular complexity index is 1500. The maximum absolute atomic E-state index is 10.1. The van der Waals surface area contributed by atoms with Gasteiger partial charge < -0.3 is 5.84 Å². The molecule has 0 bridgehead atoms. The van der Waals surface area contributed by atoms with E-state index in [1.807, 2.05) is 59.9 Å². The molecule has 7 heteroatoms. The van der Waals surface area contributed by atoms with Crippen LogP contribution in [0.5, 0.6) is 0 Å². The van der Waals surface area contributed by atoms with Gasteiger partial charge in [-0.1, -0.05) is 42.0 Å². The van der Waals surface area contributed by atoms with Crippen molar-refractivity contribution >= 4 is 27.7 Å². The normalized spacial score (nSPS) is 11.3. The van der Waals surface area contributed by atoms with Gasteiger partial charge in [0.2, 0.25) is 0 Å². The maximum Gasteiger partial charge on any atom is 0.158 e. The molecule has 3 N–H and O–H groups in total. The van der Waals surface area contributed by atoms with Gasteiger partial charge in [-0.2, -0.15) is 5.26 Å². The van der Waals surface area contributed by atoms with Crippen molar-refractivity contribution < 1.29 is 0 Å². The monoisotopic (exact) mass is 365 g/mol. The van der Waals surface area contributed by atoms with E-state index in [-0.39, 0.29) is 5.49 Å². The first-order valence-corrected chi connectivity index (χ1v) is 8.71. The van der Waals surface area contributed by atoms with Gasteiger partial charge >= 0.3 is 0 Å². The van der Waals surface area contributed by atoms with E-state index >= 15 is 0 Å². The lowest BCUT2D eigenvalue weighted by Gasteiger charge is -2.13. The second kappa shape index (κ2) is 5.66. The number of para-hydroxylation sites is 2. The quantitative estimate of drug-likeness (QED) is 0.445. The van der Waals surface area contributed by atoms with E-state index in [1.165, 1.54) is 6.33 Å². The molecule has 28 heavy (non-hydrogen) atoms. The summed E-state index contributed by atoms with van der Waals surface area (Å²) in [6, 6.07) is 17.8. The lowest BCUT2D eigenvalue weighted by molar-refractivity contribution is 0.862. The fraction of sp³-hybridized carbons (Fsp3) is 0.0476. The van der Waals surface area contributed by atoms with Crippen LogP contribution in [0, 0.1) is 23.7 Å². The Morgan fingerprint density at radius 3 is 2.57 bits per heavy atom. The molecule has 5 aromatic rings. The van der Waals surface area contributed by atoms with Crippen LogP contribution in [-0.2, 0) is 0 Å². The summed E-state index contributed by atoms with van der Waals surface area (Å²) in [6.07, 6.45) is 1.41. The van der Waals surface area contributed by atoms with Crippen LogP contribution in [0.1, 0.15) is 11.1 Å². The maximum atomic E-state index is 10.1. The largest absolute Gasteiger partial charge is 0.336 e. The smallest absolute Gasteiger partial charge is 0.158 e. The van der Waals surface area contributed by atoms with Gasteiger partial charge in [-0.05, 0) is 24.6 Å². The average molecular weight is 365 g/mol. The first kappa shape index (κ1) is 16.0. The van der Waals surface area contributed by atoms with Crippen LogP contribution in [0.2, 0.25) is 0 Å². The SMILES string of the molecule is Cc1ccc(-c2c(C#N)c3nc4ccccc4n3c3ncn(N)c(=N)c23)cc1. The van der Waals surface area contributed by atoms with Crippen molar-refractivity contribution in [2.75, 3.05) is 5.84 Å². The van der Waals surface area contributed by atoms with E-state index in [0.717, 1.165) is 26.8 Å². The molecule has 0 spiro atoms. The number of benzene rings is 2. The highest BCUT2D eigenvalue weighted by atomic mass is 15.3. The predicted octanol–water partition coefficient (Wildman–Crippen LogP) is 2.88. The Kier molecular flexibility index (Phi) is 3.24. The predicted molar refractivity (Wildman–Crippen MR) is 107 cm³/mol. The van der Waals surface area contributed by atoms with E-state index in [9.17, 15) is 5.26 Å². The van der Waals surface area contributed by atoms with Crippen molar-refractivity contribution in [1.82, 2.24) is 19.0 Å². The third kappa shape index (κ3) is 2.06. The number of aromatic nitrogens is 4. The minimum atomic E-state index is 0.0803. The number of nitrogens with one attached hydrogen (secondary N) is 1. The molecule has 134 valence electrons. The summed E-state index contributed by atoms with van der Waals surface area (Å²) in [7, 11) is 0. The highest BCUT2D eigenvalue weighted by Crippen LogP contribution is 2.34. The van der Waals surface area contributed by atoms with Gasteiger partial charge in [-0.3, -0.25) is 9.81 Å². The lowest BCUT2D eigenvalue weighted by Crippen LogP contribution is -2.28. The Morgan fingerprint density at radius 1 is 1.07 bits per heavy atom. The summed E-state index contributed by atoms with van der Waals surface area (Å²) in [4.78, 5) is 9.20. The molecule has 0 saturated heterocycles. The fourth-order valence-corrected chi connectivity index (χ4v) is 3.63. The molecule has 3 heterocycles. The summed E-state index contributed by atoms with van der Waals surface area (Å²) in [5.74, 6) is 5.94. The molecule has 0 aliphatic rings. The molecular formula is C21H15N7. The number of hydrogen-bond donors (Lipinski definition) is 2. The van der Waals surface area contributed by atoms with Crippen molar-refractivity contribution in [1.29, 1.82) is 10.7 Å². The lowest BCUT2D eigenvalue weighted by atomic mass is 9.97. The van der Waals surface area contributed by atoms with Gasteiger partial charge in [0, 0.05) is 5.56 Å². The molecule has 0 aliphatic heterocycles. The molecule has 2 aromatic carbocycles. The molecule has 0 radical (unpaired) electrons. The van der Waals surface area contributed by atoms with Crippen molar-refractivity contribution in [3.8, 4) is 17.2 Å². The van der Waals surface area contributed by atoms with E-state index in [1.54, 1.807) is 0 Å². The Morgan fingerprint density at radius 2 is 1.82 bits per heavy atom. The molecule has 0 fully saturated rings. The van der Waals surface area contributed by atoms with E-state index in [0.29, 0.717) is 27.8 Å². The van der Waals surface area contributed by atoms with Gasteiger partial charge in [0.15, 0.2) is 16.8 Å². The number of imidazole rings is 1. The number of nitriles is 1.